The van der Waals surface area contributed by atoms with Crippen LogP contribution in [0.1, 0.15) is 145 Å². The maximum absolute atomic E-state index is 13.9. The van der Waals surface area contributed by atoms with Crippen molar-refractivity contribution >= 4 is 23.8 Å². The highest BCUT2D eigenvalue weighted by atomic mass is 16.6. The lowest BCUT2D eigenvalue weighted by molar-refractivity contribution is -0.217. The minimum atomic E-state index is -0.553. The molecule has 0 radical (unpaired) electrons. The molecule has 57 heavy (non-hydrogen) atoms. The molecule has 0 spiro atoms. The van der Waals surface area contributed by atoms with Crippen molar-refractivity contribution in [2.75, 3.05) is 6.54 Å². The molecule has 0 aliphatic heterocycles. The third-order valence-electron chi connectivity index (χ3n) is 16.8. The van der Waals surface area contributed by atoms with E-state index in [1.807, 2.05) is 58.0 Å². The summed E-state index contributed by atoms with van der Waals surface area (Å²) in [7, 11) is 0. The van der Waals surface area contributed by atoms with Crippen LogP contribution in [0.4, 0.5) is 4.79 Å². The van der Waals surface area contributed by atoms with Crippen LogP contribution in [-0.4, -0.2) is 42.1 Å². The summed E-state index contributed by atoms with van der Waals surface area (Å²) in [4.78, 5) is 53.2. The Labute approximate surface area is 342 Å². The minimum Gasteiger partial charge on any atom is -0.462 e. The maximum atomic E-state index is 13.9. The van der Waals surface area contributed by atoms with Gasteiger partial charge in [0.1, 0.15) is 18.3 Å². The number of benzene rings is 1. The van der Waals surface area contributed by atoms with Gasteiger partial charge in [0, 0.05) is 23.8 Å². The number of esters is 2. The fourth-order valence-corrected chi connectivity index (χ4v) is 14.1. The van der Waals surface area contributed by atoms with Crippen LogP contribution in [0.2, 0.25) is 0 Å². The maximum Gasteiger partial charge on any atom is 0.407 e. The smallest absolute Gasteiger partial charge is 0.407 e. The summed E-state index contributed by atoms with van der Waals surface area (Å²) in [5.41, 5.74) is 2.89. The summed E-state index contributed by atoms with van der Waals surface area (Å²) in [5.74, 6) is 1.44. The number of carbonyl (C=O) groups excluding carboxylic acids is 4. The van der Waals surface area contributed by atoms with Gasteiger partial charge in [-0.3, -0.25) is 14.4 Å². The number of ether oxygens (including phenoxy) is 3. The van der Waals surface area contributed by atoms with Crippen molar-refractivity contribution in [1.29, 1.82) is 0 Å². The molecule has 1 amide bonds. The second-order valence-corrected chi connectivity index (χ2v) is 21.7. The summed E-state index contributed by atoms with van der Waals surface area (Å²) in [6.07, 6.45) is 9.87. The van der Waals surface area contributed by atoms with E-state index >= 15 is 0 Å². The van der Waals surface area contributed by atoms with E-state index in [9.17, 15) is 19.2 Å². The predicted octanol–water partition coefficient (Wildman–Crippen LogP) is 10.4. The Morgan fingerprint density at radius 3 is 2.21 bits per heavy atom. The number of hydrogen-bond acceptors (Lipinski definition) is 7. The first-order chi connectivity index (χ1) is 26.7. The summed E-state index contributed by atoms with van der Waals surface area (Å²) in [6, 6.07) is 9.71. The highest BCUT2D eigenvalue weighted by molar-refractivity contribution is 6.00. The normalized spacial score (nSPS) is 38.2. The van der Waals surface area contributed by atoms with E-state index in [-0.39, 0.29) is 76.1 Å². The number of amides is 1. The molecule has 314 valence electrons. The molecule has 6 aliphatic rings. The first-order valence-corrected chi connectivity index (χ1v) is 22.4. The van der Waals surface area contributed by atoms with Gasteiger partial charge in [-0.2, -0.15) is 0 Å². The summed E-state index contributed by atoms with van der Waals surface area (Å²) >= 11 is 0. The average Bonchev–Trinajstić information content (AvgIpc) is 3.43. The van der Waals surface area contributed by atoms with Crippen LogP contribution in [-0.2, 0) is 35.2 Å². The van der Waals surface area contributed by atoms with Crippen molar-refractivity contribution in [3.63, 3.8) is 0 Å². The molecular formula is C49H71NO7. The largest absolute Gasteiger partial charge is 0.462 e. The van der Waals surface area contributed by atoms with Gasteiger partial charge in [-0.15, -0.1) is 0 Å². The van der Waals surface area contributed by atoms with Crippen LogP contribution in [0.15, 0.2) is 41.5 Å². The van der Waals surface area contributed by atoms with Gasteiger partial charge < -0.3 is 19.5 Å². The zero-order chi connectivity index (χ0) is 41.3. The lowest BCUT2D eigenvalue weighted by atomic mass is 9.36. The molecule has 5 saturated carbocycles. The predicted molar refractivity (Wildman–Crippen MR) is 221 cm³/mol. The van der Waals surface area contributed by atoms with Crippen molar-refractivity contribution in [1.82, 2.24) is 5.32 Å². The van der Waals surface area contributed by atoms with Crippen LogP contribution in [0.25, 0.3) is 0 Å². The Hall–Kier alpha value is -3.16. The molecule has 8 nitrogen and oxygen atoms in total. The SMILES string of the molecule is CC(C)C1=C2C3CCC4C(C)(CCC5C(C)(C)C(OC(=O)C6CC(C(=O)OCc7ccccc7)C6C)CCC54C)C3CCC2(CCNC(=O)OC(C)(C)C)CC1=O. The number of carbonyl (C=O) groups is 4. The first-order valence-electron chi connectivity index (χ1n) is 22.4. The van der Waals surface area contributed by atoms with Gasteiger partial charge in [-0.05, 0) is 142 Å². The van der Waals surface area contributed by atoms with E-state index in [1.165, 1.54) is 5.57 Å². The molecule has 1 N–H and O–H groups in total. The Balaban J connectivity index is 1.02. The van der Waals surface area contributed by atoms with Gasteiger partial charge in [0.25, 0.3) is 0 Å². The fraction of sp³-hybridized carbons (Fsp3) is 0.755. The molecule has 1 aromatic carbocycles. The number of ketones is 1. The van der Waals surface area contributed by atoms with Gasteiger partial charge in [0.15, 0.2) is 5.78 Å². The third-order valence-corrected chi connectivity index (χ3v) is 16.8. The molecule has 5 fully saturated rings. The summed E-state index contributed by atoms with van der Waals surface area (Å²) < 4.78 is 17.7. The second kappa shape index (κ2) is 15.1. The molecule has 6 aliphatic carbocycles. The van der Waals surface area contributed by atoms with E-state index in [2.05, 4.69) is 46.9 Å². The molecule has 8 heteroatoms. The van der Waals surface area contributed by atoms with E-state index in [1.54, 1.807) is 0 Å². The average molecular weight is 786 g/mol. The summed E-state index contributed by atoms with van der Waals surface area (Å²) in [5, 5.41) is 3.02. The van der Waals surface area contributed by atoms with Crippen molar-refractivity contribution < 1.29 is 33.4 Å². The van der Waals surface area contributed by atoms with Gasteiger partial charge in [0.05, 0.1) is 11.8 Å². The van der Waals surface area contributed by atoms with Gasteiger partial charge in [0.2, 0.25) is 0 Å². The molecule has 0 saturated heterocycles. The van der Waals surface area contributed by atoms with E-state index in [0.29, 0.717) is 48.8 Å². The van der Waals surface area contributed by atoms with Crippen molar-refractivity contribution in [3.05, 3.63) is 47.0 Å². The van der Waals surface area contributed by atoms with E-state index in [0.717, 1.165) is 68.9 Å². The monoisotopic (exact) mass is 786 g/mol. The lowest BCUT2D eigenvalue weighted by Gasteiger charge is -2.69. The number of allylic oxidation sites excluding steroid dienone is 2. The van der Waals surface area contributed by atoms with Crippen LogP contribution in [0.5, 0.6) is 0 Å². The van der Waals surface area contributed by atoms with Gasteiger partial charge in [-0.1, -0.05) is 84.4 Å². The van der Waals surface area contributed by atoms with Crippen LogP contribution >= 0.6 is 0 Å². The van der Waals surface area contributed by atoms with Crippen LogP contribution in [0.3, 0.4) is 0 Å². The lowest BCUT2D eigenvalue weighted by Crippen LogP contribution is -2.63. The second-order valence-electron chi connectivity index (χ2n) is 21.7. The van der Waals surface area contributed by atoms with Crippen LogP contribution in [0, 0.1) is 69.0 Å². The number of Topliss-reactive ketones (excluding diaryl/α,β-unsaturated/α-hetero) is 1. The topological polar surface area (TPSA) is 108 Å². The van der Waals surface area contributed by atoms with Crippen LogP contribution < -0.4 is 5.32 Å². The Morgan fingerprint density at radius 1 is 0.860 bits per heavy atom. The Bertz CT molecular complexity index is 1760. The minimum absolute atomic E-state index is 0.0970. The van der Waals surface area contributed by atoms with Gasteiger partial charge in [-0.25, -0.2) is 4.79 Å². The first kappa shape index (κ1) is 42.0. The number of fused-ring (bicyclic) bond motifs is 7. The van der Waals surface area contributed by atoms with E-state index in [4.69, 9.17) is 14.2 Å². The molecule has 11 unspecified atom stereocenters. The molecule has 11 atom stereocenters. The molecule has 1 aromatic rings. The summed E-state index contributed by atoms with van der Waals surface area (Å²) in [6.45, 7) is 22.6. The van der Waals surface area contributed by atoms with Crippen molar-refractivity contribution in [2.24, 2.45) is 69.0 Å². The zero-order valence-electron chi connectivity index (χ0n) is 36.6. The Kier molecular flexibility index (Phi) is 11.2. The molecule has 0 aromatic heterocycles. The molecule has 0 bridgehead atoms. The Morgan fingerprint density at radius 2 is 1.54 bits per heavy atom. The quantitative estimate of drug-likeness (QED) is 0.196. The van der Waals surface area contributed by atoms with Crippen molar-refractivity contribution in [2.45, 2.75) is 158 Å². The number of hydrogen-bond donors (Lipinski definition) is 1. The molecule has 7 rings (SSSR count). The highest BCUT2D eigenvalue weighted by Gasteiger charge is 2.67. The molecule has 0 heterocycles. The fourth-order valence-electron chi connectivity index (χ4n) is 14.1. The third kappa shape index (κ3) is 7.40. The number of alkyl carbamates (subject to hydrolysis) is 1. The number of nitrogens with one attached hydrogen (secondary N) is 1. The highest BCUT2D eigenvalue weighted by Crippen LogP contribution is 2.73. The zero-order valence-corrected chi connectivity index (χ0v) is 36.6. The van der Waals surface area contributed by atoms with Crippen molar-refractivity contribution in [3.8, 4) is 0 Å². The number of rotatable bonds is 9. The standard InChI is InChI=1S/C49H71NO7/c1-29(2)40-36(51)27-49(24-25-50-44(54)57-45(4,5)6)23-18-35-32(41(40)49)16-17-38-47(35,9)21-19-37-46(7,8)39(20-22-48(37,38)10)56-43(53)34-26-33(30(34)3)42(52)55-28-31-14-12-11-13-15-31/h11-15,29-30,32-35,37-39H,16-28H2,1-10H3,(H,50,54). The van der Waals surface area contributed by atoms with E-state index < -0.39 is 5.60 Å². The molecular weight excluding hydrogens is 715 g/mol. The van der Waals surface area contributed by atoms with Gasteiger partial charge >= 0.3 is 18.0 Å².